The van der Waals surface area contributed by atoms with Gasteiger partial charge < -0.3 is 14.8 Å². The molecule has 5 nitrogen and oxygen atoms in total. The topological polar surface area (TPSA) is 64.6 Å². The first-order chi connectivity index (χ1) is 13.0. The molecule has 0 saturated carbocycles. The van der Waals surface area contributed by atoms with E-state index in [2.05, 4.69) is 5.32 Å². The molecule has 2 aromatic carbocycles. The lowest BCUT2D eigenvalue weighted by Crippen LogP contribution is -2.11. The molecule has 0 aliphatic carbocycles. The van der Waals surface area contributed by atoms with Crippen LogP contribution in [0.4, 0.5) is 5.69 Å². The van der Waals surface area contributed by atoms with E-state index >= 15 is 0 Å². The summed E-state index contributed by atoms with van der Waals surface area (Å²) in [5.74, 6) is -0.254. The molecule has 1 N–H and O–H groups in total. The summed E-state index contributed by atoms with van der Waals surface area (Å²) in [5.41, 5.74) is 0.943. The molecular formula is C19H15Cl2NO4S. The van der Waals surface area contributed by atoms with E-state index in [0.29, 0.717) is 48.6 Å². The zero-order valence-corrected chi connectivity index (χ0v) is 16.8. The first kappa shape index (κ1) is 19.5. The Balaban J connectivity index is 1.85. The Hall–Kier alpha value is -2.28. The van der Waals surface area contributed by atoms with E-state index in [9.17, 15) is 9.59 Å². The number of thiophene rings is 1. The second-order valence-electron chi connectivity index (χ2n) is 5.46. The number of carbonyl (C=O) groups is 2. The first-order valence-corrected chi connectivity index (χ1v) is 9.56. The quantitative estimate of drug-likeness (QED) is 0.538. The average molecular weight is 424 g/mol. The lowest BCUT2D eigenvalue weighted by molar-refractivity contribution is 0.0526. The van der Waals surface area contributed by atoms with Crippen molar-refractivity contribution in [1.82, 2.24) is 0 Å². The van der Waals surface area contributed by atoms with Crippen LogP contribution in [0.25, 0.3) is 10.1 Å². The number of rotatable bonds is 5. The lowest BCUT2D eigenvalue weighted by Gasteiger charge is -2.06. The zero-order valence-electron chi connectivity index (χ0n) is 14.5. The fourth-order valence-corrected chi connectivity index (χ4v) is 4.27. The van der Waals surface area contributed by atoms with Gasteiger partial charge >= 0.3 is 5.97 Å². The largest absolute Gasteiger partial charge is 0.495 e. The van der Waals surface area contributed by atoms with Gasteiger partial charge in [0.1, 0.15) is 15.6 Å². The Morgan fingerprint density at radius 2 is 1.78 bits per heavy atom. The molecule has 8 heteroatoms. The van der Waals surface area contributed by atoms with E-state index < -0.39 is 5.97 Å². The summed E-state index contributed by atoms with van der Waals surface area (Å²) in [6, 6.07) is 9.90. The molecule has 0 fully saturated rings. The van der Waals surface area contributed by atoms with Gasteiger partial charge in [-0.3, -0.25) is 4.79 Å². The molecule has 1 amide bonds. The van der Waals surface area contributed by atoms with Crippen molar-refractivity contribution < 1.29 is 19.1 Å². The van der Waals surface area contributed by atoms with Crippen LogP contribution in [-0.4, -0.2) is 25.6 Å². The molecule has 0 saturated heterocycles. The van der Waals surface area contributed by atoms with Gasteiger partial charge in [0.05, 0.1) is 29.0 Å². The molecule has 0 bridgehead atoms. The predicted octanol–water partition coefficient (Wildman–Crippen LogP) is 5.65. The smallest absolute Gasteiger partial charge is 0.338 e. The SMILES string of the molecule is CCOC(=O)c1ccc(NC(=O)c2sc3c(Cl)c(OC)ccc3c2Cl)cc1. The van der Waals surface area contributed by atoms with Crippen LogP contribution in [0.5, 0.6) is 5.75 Å². The van der Waals surface area contributed by atoms with Gasteiger partial charge in [-0.1, -0.05) is 23.2 Å². The van der Waals surface area contributed by atoms with Gasteiger partial charge in [0.15, 0.2) is 0 Å². The Kier molecular flexibility index (Phi) is 5.89. The van der Waals surface area contributed by atoms with E-state index in [0.717, 1.165) is 0 Å². The van der Waals surface area contributed by atoms with Gasteiger partial charge in [0.25, 0.3) is 5.91 Å². The van der Waals surface area contributed by atoms with Crippen molar-refractivity contribution in [3.8, 4) is 5.75 Å². The molecule has 0 aliphatic heterocycles. The van der Waals surface area contributed by atoms with Crippen LogP contribution in [0, 0.1) is 0 Å². The molecule has 0 aliphatic rings. The molecule has 3 rings (SSSR count). The minimum atomic E-state index is -0.411. The summed E-state index contributed by atoms with van der Waals surface area (Å²) >= 11 is 13.9. The number of nitrogens with one attached hydrogen (secondary N) is 1. The Morgan fingerprint density at radius 3 is 2.41 bits per heavy atom. The third-order valence-corrected chi connectivity index (χ3v) is 6.00. The highest BCUT2D eigenvalue weighted by Gasteiger charge is 2.20. The van der Waals surface area contributed by atoms with Crippen molar-refractivity contribution in [3.63, 3.8) is 0 Å². The number of hydrogen-bond donors (Lipinski definition) is 1. The van der Waals surface area contributed by atoms with E-state index in [1.54, 1.807) is 43.3 Å². The number of methoxy groups -OCH3 is 1. The highest BCUT2D eigenvalue weighted by atomic mass is 35.5. The maximum absolute atomic E-state index is 12.6. The van der Waals surface area contributed by atoms with Crippen molar-refractivity contribution in [1.29, 1.82) is 0 Å². The maximum Gasteiger partial charge on any atom is 0.338 e. The lowest BCUT2D eigenvalue weighted by atomic mass is 10.2. The number of carbonyl (C=O) groups excluding carboxylic acids is 2. The Bertz CT molecular complexity index is 1010. The van der Waals surface area contributed by atoms with Gasteiger partial charge in [-0.25, -0.2) is 4.79 Å². The second-order valence-corrected chi connectivity index (χ2v) is 7.23. The van der Waals surface area contributed by atoms with Crippen LogP contribution in [0.2, 0.25) is 10.0 Å². The molecule has 0 unspecified atom stereocenters. The summed E-state index contributed by atoms with van der Waals surface area (Å²) < 4.78 is 10.8. The Labute approximate surface area is 169 Å². The average Bonchev–Trinajstić information content (AvgIpc) is 3.00. The molecular weight excluding hydrogens is 409 g/mol. The standard InChI is InChI=1S/C19H15Cl2NO4S/c1-3-26-19(24)10-4-6-11(7-5-10)22-18(23)17-14(20)12-8-9-13(25-2)15(21)16(12)27-17/h4-9H,3H2,1-2H3,(H,22,23). The molecule has 1 aromatic heterocycles. The summed E-state index contributed by atoms with van der Waals surface area (Å²) in [6.45, 7) is 2.04. The number of anilines is 1. The molecule has 140 valence electrons. The van der Waals surface area contributed by atoms with Crippen molar-refractivity contribution in [2.45, 2.75) is 6.92 Å². The van der Waals surface area contributed by atoms with Crippen LogP contribution < -0.4 is 10.1 Å². The van der Waals surface area contributed by atoms with E-state index in [-0.39, 0.29) is 5.91 Å². The summed E-state index contributed by atoms with van der Waals surface area (Å²) in [4.78, 5) is 24.7. The van der Waals surface area contributed by atoms with Crippen molar-refractivity contribution in [2.24, 2.45) is 0 Å². The minimum absolute atomic E-state index is 0.301. The number of halogens is 2. The predicted molar refractivity (Wildman–Crippen MR) is 109 cm³/mol. The molecule has 0 atom stereocenters. The number of amides is 1. The monoisotopic (exact) mass is 423 g/mol. The summed E-state index contributed by atoms with van der Waals surface area (Å²) in [7, 11) is 1.52. The number of esters is 1. The molecule has 0 radical (unpaired) electrons. The Morgan fingerprint density at radius 1 is 1.07 bits per heavy atom. The van der Waals surface area contributed by atoms with Gasteiger partial charge in [-0.05, 0) is 43.3 Å². The van der Waals surface area contributed by atoms with Crippen LogP contribution >= 0.6 is 34.5 Å². The van der Waals surface area contributed by atoms with Crippen LogP contribution in [0.1, 0.15) is 27.0 Å². The number of hydrogen-bond acceptors (Lipinski definition) is 5. The summed E-state index contributed by atoms with van der Waals surface area (Å²) in [5, 5.41) is 4.21. The van der Waals surface area contributed by atoms with E-state index in [4.69, 9.17) is 32.7 Å². The molecule has 27 heavy (non-hydrogen) atoms. The van der Waals surface area contributed by atoms with Crippen LogP contribution in [0.15, 0.2) is 36.4 Å². The van der Waals surface area contributed by atoms with Crippen molar-refractivity contribution in [2.75, 3.05) is 19.0 Å². The fourth-order valence-electron chi connectivity index (χ4n) is 2.48. The molecule has 3 aromatic rings. The summed E-state index contributed by atoms with van der Waals surface area (Å²) in [6.07, 6.45) is 0. The van der Waals surface area contributed by atoms with Gasteiger partial charge in [0.2, 0.25) is 0 Å². The molecule has 0 spiro atoms. The van der Waals surface area contributed by atoms with Crippen molar-refractivity contribution in [3.05, 3.63) is 56.9 Å². The van der Waals surface area contributed by atoms with Gasteiger partial charge in [-0.2, -0.15) is 0 Å². The normalized spacial score (nSPS) is 10.7. The zero-order chi connectivity index (χ0) is 19.6. The number of benzene rings is 2. The fraction of sp³-hybridized carbons (Fsp3) is 0.158. The third-order valence-electron chi connectivity index (χ3n) is 3.78. The number of ether oxygens (including phenoxy) is 2. The van der Waals surface area contributed by atoms with Gasteiger partial charge in [-0.15, -0.1) is 11.3 Å². The number of fused-ring (bicyclic) bond motifs is 1. The van der Waals surface area contributed by atoms with Crippen molar-refractivity contribution >= 4 is 62.2 Å². The van der Waals surface area contributed by atoms with Crippen LogP contribution in [0.3, 0.4) is 0 Å². The third kappa shape index (κ3) is 3.88. The van der Waals surface area contributed by atoms with E-state index in [1.807, 2.05) is 0 Å². The van der Waals surface area contributed by atoms with Crippen LogP contribution in [-0.2, 0) is 4.74 Å². The first-order valence-electron chi connectivity index (χ1n) is 7.99. The molecule has 1 heterocycles. The second kappa shape index (κ2) is 8.17. The minimum Gasteiger partial charge on any atom is -0.495 e. The van der Waals surface area contributed by atoms with Gasteiger partial charge in [0, 0.05) is 11.1 Å². The van der Waals surface area contributed by atoms with E-state index in [1.165, 1.54) is 18.4 Å². The highest BCUT2D eigenvalue weighted by Crippen LogP contribution is 2.43. The highest BCUT2D eigenvalue weighted by molar-refractivity contribution is 7.22. The maximum atomic E-state index is 12.6.